The zero-order chi connectivity index (χ0) is 17.1. The van der Waals surface area contributed by atoms with Crippen molar-refractivity contribution in [1.82, 2.24) is 9.88 Å². The fourth-order valence-corrected chi connectivity index (χ4v) is 4.11. The highest BCUT2D eigenvalue weighted by Crippen LogP contribution is 2.35. The van der Waals surface area contributed by atoms with E-state index in [-0.39, 0.29) is 12.0 Å². The number of rotatable bonds is 5. The fourth-order valence-electron chi connectivity index (χ4n) is 4.11. The molecule has 0 amide bonds. The quantitative estimate of drug-likeness (QED) is 0.741. The number of nitrogens with one attached hydrogen (secondary N) is 1. The summed E-state index contributed by atoms with van der Waals surface area (Å²) in [6.07, 6.45) is 5.23. The highest BCUT2D eigenvalue weighted by atomic mass is 16.3. The molecule has 3 aromatic rings. The number of aliphatic hydroxyl groups is 1. The Kier molecular flexibility index (Phi) is 4.60. The second-order valence-electron chi connectivity index (χ2n) is 7.46. The SMILES string of the molecule is OCC1(Cc2ccccc2)CCN(Cc2c[nH]c3ccccc23)CC1. The van der Waals surface area contributed by atoms with Crippen LogP contribution in [0.15, 0.2) is 60.8 Å². The lowest BCUT2D eigenvalue weighted by atomic mass is 9.74. The fraction of sp³-hybridized carbons (Fsp3) is 0.364. The third-order valence-electron chi connectivity index (χ3n) is 5.74. The van der Waals surface area contributed by atoms with Crippen molar-refractivity contribution in [2.75, 3.05) is 19.7 Å². The average molecular weight is 334 g/mol. The van der Waals surface area contributed by atoms with Gasteiger partial charge in [-0.2, -0.15) is 0 Å². The standard InChI is InChI=1S/C22H26N2O/c25-17-22(14-18-6-2-1-3-7-18)10-12-24(13-11-22)16-19-15-23-21-9-5-4-8-20(19)21/h1-9,15,23,25H,10-14,16-17H2. The Morgan fingerprint density at radius 3 is 2.44 bits per heavy atom. The topological polar surface area (TPSA) is 39.3 Å². The van der Waals surface area contributed by atoms with Crippen molar-refractivity contribution in [3.8, 4) is 0 Å². The van der Waals surface area contributed by atoms with Gasteiger partial charge in [-0.05, 0) is 55.0 Å². The van der Waals surface area contributed by atoms with Gasteiger partial charge in [-0.15, -0.1) is 0 Å². The second-order valence-corrected chi connectivity index (χ2v) is 7.46. The maximum Gasteiger partial charge on any atom is 0.0491 e. The van der Waals surface area contributed by atoms with Gasteiger partial charge in [-0.25, -0.2) is 0 Å². The molecule has 0 radical (unpaired) electrons. The van der Waals surface area contributed by atoms with Gasteiger partial charge in [0.2, 0.25) is 0 Å². The maximum atomic E-state index is 10.1. The van der Waals surface area contributed by atoms with E-state index in [1.165, 1.54) is 22.0 Å². The molecule has 2 aromatic carbocycles. The predicted octanol–water partition coefficient (Wildman–Crippen LogP) is 3.99. The van der Waals surface area contributed by atoms with Crippen LogP contribution >= 0.6 is 0 Å². The molecule has 1 aromatic heterocycles. The van der Waals surface area contributed by atoms with E-state index < -0.39 is 0 Å². The first kappa shape index (κ1) is 16.4. The zero-order valence-electron chi connectivity index (χ0n) is 14.6. The third-order valence-corrected chi connectivity index (χ3v) is 5.74. The number of para-hydroxylation sites is 1. The molecule has 0 bridgehead atoms. The van der Waals surface area contributed by atoms with Gasteiger partial charge in [0.25, 0.3) is 0 Å². The van der Waals surface area contributed by atoms with E-state index in [0.29, 0.717) is 0 Å². The van der Waals surface area contributed by atoms with Crippen molar-refractivity contribution in [1.29, 1.82) is 0 Å². The van der Waals surface area contributed by atoms with Gasteiger partial charge < -0.3 is 10.1 Å². The van der Waals surface area contributed by atoms with E-state index in [1.54, 1.807) is 0 Å². The lowest BCUT2D eigenvalue weighted by molar-refractivity contribution is 0.0415. The maximum absolute atomic E-state index is 10.1. The minimum atomic E-state index is 0.0397. The molecule has 1 aliphatic rings. The normalized spacial score (nSPS) is 17.8. The van der Waals surface area contributed by atoms with Gasteiger partial charge in [0.1, 0.15) is 0 Å². The second kappa shape index (κ2) is 7.03. The smallest absolute Gasteiger partial charge is 0.0491 e. The Labute approximate surface area is 149 Å². The lowest BCUT2D eigenvalue weighted by Gasteiger charge is -2.41. The number of benzene rings is 2. The molecule has 130 valence electrons. The molecule has 0 unspecified atom stereocenters. The predicted molar refractivity (Wildman–Crippen MR) is 102 cm³/mol. The van der Waals surface area contributed by atoms with Gasteiger partial charge >= 0.3 is 0 Å². The van der Waals surface area contributed by atoms with Gasteiger partial charge in [0.05, 0.1) is 0 Å². The van der Waals surface area contributed by atoms with Gasteiger partial charge in [-0.1, -0.05) is 48.5 Å². The van der Waals surface area contributed by atoms with Crippen LogP contribution < -0.4 is 0 Å². The van der Waals surface area contributed by atoms with Crippen molar-refractivity contribution in [2.24, 2.45) is 5.41 Å². The number of hydrogen-bond donors (Lipinski definition) is 2. The summed E-state index contributed by atoms with van der Waals surface area (Å²) in [6, 6.07) is 19.1. The van der Waals surface area contributed by atoms with E-state index in [9.17, 15) is 5.11 Å². The number of hydrogen-bond acceptors (Lipinski definition) is 2. The summed E-state index contributed by atoms with van der Waals surface area (Å²) < 4.78 is 0. The monoisotopic (exact) mass is 334 g/mol. The first-order valence-corrected chi connectivity index (χ1v) is 9.20. The van der Waals surface area contributed by atoms with Crippen LogP contribution in [0.5, 0.6) is 0 Å². The van der Waals surface area contributed by atoms with Gasteiger partial charge in [-0.3, -0.25) is 4.90 Å². The summed E-state index contributed by atoms with van der Waals surface area (Å²) in [7, 11) is 0. The minimum Gasteiger partial charge on any atom is -0.396 e. The Bertz CT molecular complexity index is 816. The van der Waals surface area contributed by atoms with Crippen LogP contribution in [0.3, 0.4) is 0 Å². The molecule has 1 aliphatic heterocycles. The number of nitrogens with zero attached hydrogens (tertiary/aromatic N) is 1. The van der Waals surface area contributed by atoms with Crippen molar-refractivity contribution in [3.05, 3.63) is 71.9 Å². The highest BCUT2D eigenvalue weighted by molar-refractivity contribution is 5.82. The number of aromatic amines is 1. The molecular weight excluding hydrogens is 308 g/mol. The Balaban J connectivity index is 1.42. The number of fused-ring (bicyclic) bond motifs is 1. The first-order valence-electron chi connectivity index (χ1n) is 9.20. The number of aliphatic hydroxyl groups excluding tert-OH is 1. The molecule has 25 heavy (non-hydrogen) atoms. The van der Waals surface area contributed by atoms with Crippen LogP contribution in [0, 0.1) is 5.41 Å². The zero-order valence-corrected chi connectivity index (χ0v) is 14.6. The molecular formula is C22H26N2O. The van der Waals surface area contributed by atoms with Gasteiger partial charge in [0, 0.05) is 30.3 Å². The van der Waals surface area contributed by atoms with Crippen LogP contribution in [-0.2, 0) is 13.0 Å². The van der Waals surface area contributed by atoms with Crippen LogP contribution in [0.25, 0.3) is 10.9 Å². The number of likely N-dealkylation sites (tertiary alicyclic amines) is 1. The summed E-state index contributed by atoms with van der Waals surface area (Å²) in [6.45, 7) is 3.36. The summed E-state index contributed by atoms with van der Waals surface area (Å²) in [5.41, 5.74) is 3.96. The Hall–Kier alpha value is -2.10. The number of H-pyrrole nitrogens is 1. The third kappa shape index (κ3) is 3.48. The molecule has 1 saturated heterocycles. The van der Waals surface area contributed by atoms with E-state index in [2.05, 4.69) is 70.7 Å². The van der Waals surface area contributed by atoms with Crippen LogP contribution in [0.1, 0.15) is 24.0 Å². The van der Waals surface area contributed by atoms with Crippen molar-refractivity contribution in [2.45, 2.75) is 25.8 Å². The van der Waals surface area contributed by atoms with Crippen LogP contribution in [0.4, 0.5) is 0 Å². The Morgan fingerprint density at radius 1 is 0.960 bits per heavy atom. The molecule has 0 atom stereocenters. The number of aromatic nitrogens is 1. The van der Waals surface area contributed by atoms with Crippen LogP contribution in [-0.4, -0.2) is 34.7 Å². The van der Waals surface area contributed by atoms with Gasteiger partial charge in [0.15, 0.2) is 0 Å². The molecule has 2 N–H and O–H groups in total. The molecule has 1 fully saturated rings. The molecule has 0 saturated carbocycles. The molecule has 4 rings (SSSR count). The van der Waals surface area contributed by atoms with E-state index in [0.717, 1.165) is 38.9 Å². The molecule has 0 aliphatic carbocycles. The summed E-state index contributed by atoms with van der Waals surface area (Å²) in [5, 5.41) is 11.4. The highest BCUT2D eigenvalue weighted by Gasteiger charge is 2.34. The molecule has 0 spiro atoms. The van der Waals surface area contributed by atoms with Crippen molar-refractivity contribution in [3.63, 3.8) is 0 Å². The molecule has 3 nitrogen and oxygen atoms in total. The van der Waals surface area contributed by atoms with Crippen molar-refractivity contribution < 1.29 is 5.11 Å². The summed E-state index contributed by atoms with van der Waals surface area (Å²) in [4.78, 5) is 5.89. The average Bonchev–Trinajstić information content (AvgIpc) is 3.07. The molecule has 2 heterocycles. The lowest BCUT2D eigenvalue weighted by Crippen LogP contribution is -2.42. The Morgan fingerprint density at radius 2 is 1.68 bits per heavy atom. The van der Waals surface area contributed by atoms with E-state index in [4.69, 9.17) is 0 Å². The minimum absolute atomic E-state index is 0.0397. The summed E-state index contributed by atoms with van der Waals surface area (Å²) in [5.74, 6) is 0. The van der Waals surface area contributed by atoms with E-state index >= 15 is 0 Å². The molecule has 3 heteroatoms. The first-order chi connectivity index (χ1) is 12.3. The summed E-state index contributed by atoms with van der Waals surface area (Å²) >= 11 is 0. The van der Waals surface area contributed by atoms with Crippen LogP contribution in [0.2, 0.25) is 0 Å². The van der Waals surface area contributed by atoms with E-state index in [1.807, 2.05) is 0 Å². The largest absolute Gasteiger partial charge is 0.396 e. The number of piperidine rings is 1. The van der Waals surface area contributed by atoms with Crippen molar-refractivity contribution >= 4 is 10.9 Å².